The van der Waals surface area contributed by atoms with Crippen LogP contribution < -0.4 is 5.73 Å². The van der Waals surface area contributed by atoms with E-state index in [1.807, 2.05) is 6.92 Å². The van der Waals surface area contributed by atoms with Crippen LogP contribution in [0.25, 0.3) is 0 Å². The second-order valence-corrected chi connectivity index (χ2v) is 5.51. The number of hydrogen-bond donors (Lipinski definition) is 1. The van der Waals surface area contributed by atoms with Crippen molar-refractivity contribution in [3.05, 3.63) is 29.3 Å². The van der Waals surface area contributed by atoms with E-state index >= 15 is 0 Å². The predicted octanol–water partition coefficient (Wildman–Crippen LogP) is 0.585. The van der Waals surface area contributed by atoms with E-state index in [1.54, 1.807) is 18.2 Å². The van der Waals surface area contributed by atoms with Crippen LogP contribution in [0.3, 0.4) is 0 Å². The van der Waals surface area contributed by atoms with Gasteiger partial charge in [0.1, 0.15) is 0 Å². The van der Waals surface area contributed by atoms with E-state index in [0.29, 0.717) is 36.6 Å². The number of carbonyl (C=O) groups is 2. The van der Waals surface area contributed by atoms with Gasteiger partial charge in [-0.2, -0.15) is 0 Å². The number of anilines is 1. The normalized spacial score (nSPS) is 20.7. The fourth-order valence-corrected chi connectivity index (χ4v) is 2.97. The minimum absolute atomic E-state index is 0.185. The Morgan fingerprint density at radius 1 is 1.24 bits per heavy atom. The summed E-state index contributed by atoms with van der Waals surface area (Å²) in [7, 11) is 0. The summed E-state index contributed by atoms with van der Waals surface area (Å²) in [6.07, 6.45) is 0. The summed E-state index contributed by atoms with van der Waals surface area (Å²) in [5.74, 6) is -0.531. The molecule has 0 saturated carbocycles. The second kappa shape index (κ2) is 5.46. The van der Waals surface area contributed by atoms with Crippen molar-refractivity contribution in [2.45, 2.75) is 13.0 Å². The minimum atomic E-state index is -0.283. The summed E-state index contributed by atoms with van der Waals surface area (Å²) in [5, 5.41) is 0. The van der Waals surface area contributed by atoms with Gasteiger partial charge in [0.05, 0.1) is 30.4 Å². The molecule has 0 aliphatic carbocycles. The van der Waals surface area contributed by atoms with Gasteiger partial charge >= 0.3 is 0 Å². The monoisotopic (exact) mass is 289 g/mol. The van der Waals surface area contributed by atoms with E-state index in [1.165, 1.54) is 4.90 Å². The van der Waals surface area contributed by atoms with Gasteiger partial charge < -0.3 is 10.5 Å². The van der Waals surface area contributed by atoms with E-state index in [0.717, 1.165) is 13.1 Å². The van der Waals surface area contributed by atoms with E-state index < -0.39 is 0 Å². The summed E-state index contributed by atoms with van der Waals surface area (Å²) in [6.45, 7) is 5.61. The Bertz CT molecular complexity index is 582. The number of hydrogen-bond acceptors (Lipinski definition) is 5. The van der Waals surface area contributed by atoms with Crippen LogP contribution >= 0.6 is 0 Å². The molecule has 1 aromatic carbocycles. The molecule has 1 unspecified atom stereocenters. The Morgan fingerprint density at radius 3 is 2.62 bits per heavy atom. The standard InChI is InChI=1S/C15H19N3O3/c1-10(9-17-5-7-21-8-6-17)18-14(19)11-3-2-4-12(16)13(11)15(18)20/h2-4,10H,5-9,16H2,1H3. The molecule has 6 nitrogen and oxygen atoms in total. The van der Waals surface area contributed by atoms with Crippen LogP contribution in [-0.2, 0) is 4.74 Å². The Balaban J connectivity index is 1.79. The highest BCUT2D eigenvalue weighted by Crippen LogP contribution is 2.29. The number of nitrogens with two attached hydrogens (primary N) is 1. The number of fused-ring (bicyclic) bond motifs is 1. The number of carbonyl (C=O) groups excluding carboxylic acids is 2. The Morgan fingerprint density at radius 2 is 1.95 bits per heavy atom. The average molecular weight is 289 g/mol. The molecule has 0 bridgehead atoms. The lowest BCUT2D eigenvalue weighted by molar-refractivity contribution is 0.0244. The summed E-state index contributed by atoms with van der Waals surface area (Å²) in [6, 6.07) is 4.83. The molecule has 6 heteroatoms. The van der Waals surface area contributed by atoms with Crippen LogP contribution in [0.5, 0.6) is 0 Å². The fourth-order valence-electron chi connectivity index (χ4n) is 2.97. The first kappa shape index (κ1) is 14.0. The van der Waals surface area contributed by atoms with Gasteiger partial charge in [-0.15, -0.1) is 0 Å². The van der Waals surface area contributed by atoms with Gasteiger partial charge in [-0.05, 0) is 19.1 Å². The number of ether oxygens (including phenoxy) is 1. The number of rotatable bonds is 3. The first-order chi connectivity index (χ1) is 10.1. The first-order valence-electron chi connectivity index (χ1n) is 7.16. The zero-order chi connectivity index (χ0) is 15.0. The van der Waals surface area contributed by atoms with Crippen LogP contribution in [0.1, 0.15) is 27.6 Å². The highest BCUT2D eigenvalue weighted by molar-refractivity contribution is 6.23. The number of nitrogen functional groups attached to an aromatic ring is 1. The predicted molar refractivity (Wildman–Crippen MR) is 78.1 cm³/mol. The van der Waals surface area contributed by atoms with Crippen molar-refractivity contribution >= 4 is 17.5 Å². The number of amides is 2. The maximum Gasteiger partial charge on any atom is 0.263 e. The van der Waals surface area contributed by atoms with Gasteiger partial charge in [-0.25, -0.2) is 0 Å². The van der Waals surface area contributed by atoms with Crippen molar-refractivity contribution in [3.63, 3.8) is 0 Å². The van der Waals surface area contributed by atoms with Gasteiger partial charge in [-0.3, -0.25) is 19.4 Å². The van der Waals surface area contributed by atoms with Crippen molar-refractivity contribution in [1.82, 2.24) is 9.80 Å². The highest BCUT2D eigenvalue weighted by Gasteiger charge is 2.40. The quantitative estimate of drug-likeness (QED) is 0.651. The third-order valence-corrected chi connectivity index (χ3v) is 4.05. The van der Waals surface area contributed by atoms with Crippen molar-refractivity contribution in [2.24, 2.45) is 0 Å². The SMILES string of the molecule is CC(CN1CCOCC1)N1C(=O)c2cccc(N)c2C1=O. The minimum Gasteiger partial charge on any atom is -0.398 e. The lowest BCUT2D eigenvalue weighted by atomic mass is 10.1. The van der Waals surface area contributed by atoms with Crippen LogP contribution in [0.4, 0.5) is 5.69 Å². The molecule has 112 valence electrons. The Kier molecular flexibility index (Phi) is 3.65. The summed E-state index contributed by atoms with van der Waals surface area (Å²) >= 11 is 0. The number of imide groups is 1. The third-order valence-electron chi connectivity index (χ3n) is 4.05. The lowest BCUT2D eigenvalue weighted by Gasteiger charge is -2.32. The average Bonchev–Trinajstić information content (AvgIpc) is 2.73. The van der Waals surface area contributed by atoms with Crippen molar-refractivity contribution in [1.29, 1.82) is 0 Å². The molecule has 1 saturated heterocycles. The van der Waals surface area contributed by atoms with Gasteiger partial charge in [-0.1, -0.05) is 6.07 Å². The maximum atomic E-state index is 12.5. The third kappa shape index (κ3) is 2.41. The molecule has 0 radical (unpaired) electrons. The van der Waals surface area contributed by atoms with Gasteiger partial charge in [0.15, 0.2) is 0 Å². The topological polar surface area (TPSA) is 75.9 Å². The van der Waals surface area contributed by atoms with E-state index in [9.17, 15) is 9.59 Å². The number of benzene rings is 1. The van der Waals surface area contributed by atoms with Gasteiger partial charge in [0.2, 0.25) is 0 Å². The van der Waals surface area contributed by atoms with Crippen LogP contribution in [0.15, 0.2) is 18.2 Å². The smallest absolute Gasteiger partial charge is 0.263 e. The van der Waals surface area contributed by atoms with Gasteiger partial charge in [0.25, 0.3) is 11.8 Å². The van der Waals surface area contributed by atoms with Crippen molar-refractivity contribution < 1.29 is 14.3 Å². The molecular formula is C15H19N3O3. The number of nitrogens with zero attached hydrogens (tertiary/aromatic N) is 2. The molecule has 21 heavy (non-hydrogen) atoms. The second-order valence-electron chi connectivity index (χ2n) is 5.51. The van der Waals surface area contributed by atoms with Crippen molar-refractivity contribution in [2.75, 3.05) is 38.6 Å². The number of morpholine rings is 1. The Labute approximate surface area is 123 Å². The van der Waals surface area contributed by atoms with E-state index in [4.69, 9.17) is 10.5 Å². The summed E-state index contributed by atoms with van der Waals surface area (Å²) in [5.41, 5.74) is 6.97. The molecule has 0 aromatic heterocycles. The molecule has 0 spiro atoms. The van der Waals surface area contributed by atoms with E-state index in [-0.39, 0.29) is 17.9 Å². The fraction of sp³-hybridized carbons (Fsp3) is 0.467. The molecule has 2 N–H and O–H groups in total. The molecule has 1 atom stereocenters. The van der Waals surface area contributed by atoms with Crippen LogP contribution in [-0.4, -0.2) is 60.5 Å². The van der Waals surface area contributed by atoms with Crippen molar-refractivity contribution in [3.8, 4) is 0 Å². The molecule has 2 heterocycles. The molecule has 1 fully saturated rings. The molecule has 2 amide bonds. The van der Waals surface area contributed by atoms with Gasteiger partial charge in [0, 0.05) is 25.3 Å². The molecular weight excluding hydrogens is 270 g/mol. The zero-order valence-corrected chi connectivity index (χ0v) is 12.0. The summed E-state index contributed by atoms with van der Waals surface area (Å²) in [4.78, 5) is 28.5. The van der Waals surface area contributed by atoms with Crippen LogP contribution in [0, 0.1) is 0 Å². The van der Waals surface area contributed by atoms with E-state index in [2.05, 4.69) is 4.90 Å². The zero-order valence-electron chi connectivity index (χ0n) is 12.0. The molecule has 1 aromatic rings. The lowest BCUT2D eigenvalue weighted by Crippen LogP contribution is -2.48. The largest absolute Gasteiger partial charge is 0.398 e. The molecule has 2 aliphatic heterocycles. The van der Waals surface area contributed by atoms with Crippen LogP contribution in [0.2, 0.25) is 0 Å². The molecule has 3 rings (SSSR count). The summed E-state index contributed by atoms with van der Waals surface area (Å²) < 4.78 is 5.31. The highest BCUT2D eigenvalue weighted by atomic mass is 16.5. The maximum absolute atomic E-state index is 12.5. The first-order valence-corrected chi connectivity index (χ1v) is 7.16. The molecule has 2 aliphatic rings. The Hall–Kier alpha value is -1.92.